The summed E-state index contributed by atoms with van der Waals surface area (Å²) in [6.45, 7) is 1.75. The van der Waals surface area contributed by atoms with E-state index in [4.69, 9.17) is 5.11 Å². The van der Waals surface area contributed by atoms with Crippen LogP contribution in [-0.4, -0.2) is 15.2 Å². The van der Waals surface area contributed by atoms with Gasteiger partial charge in [-0.05, 0) is 0 Å². The van der Waals surface area contributed by atoms with E-state index in [1.807, 2.05) is 6.92 Å². The van der Waals surface area contributed by atoms with E-state index in [0.717, 1.165) is 6.42 Å². The van der Waals surface area contributed by atoms with E-state index >= 15 is 0 Å². The summed E-state index contributed by atoms with van der Waals surface area (Å²) in [5.41, 5.74) is 0. The number of hydrogen-bond acceptors (Lipinski definition) is 4. The largest absolute Gasteiger partial charge is 0.387 e. The Bertz CT molecular complexity index is 166. The second-order valence-electron chi connectivity index (χ2n) is 1.62. The zero-order valence-corrected chi connectivity index (χ0v) is 5.16. The van der Waals surface area contributed by atoms with Gasteiger partial charge in [-0.15, -0.1) is 0 Å². The molecule has 0 fully saturated rings. The fourth-order valence-corrected chi connectivity index (χ4v) is 0.498. The van der Waals surface area contributed by atoms with Crippen LogP contribution in [-0.2, 0) is 13.0 Å². The lowest BCUT2D eigenvalue weighted by atomic mass is 10.5. The van der Waals surface area contributed by atoms with Crippen molar-refractivity contribution in [1.29, 1.82) is 0 Å². The minimum absolute atomic E-state index is 0.174. The van der Waals surface area contributed by atoms with Crippen LogP contribution in [0.5, 0.6) is 0 Å². The highest BCUT2D eigenvalue weighted by molar-refractivity contribution is 4.82. The summed E-state index contributed by atoms with van der Waals surface area (Å²) in [5.74, 6) is 0.922. The molecule has 1 N–H and O–H groups in total. The van der Waals surface area contributed by atoms with E-state index < -0.39 is 0 Å². The van der Waals surface area contributed by atoms with Crippen molar-refractivity contribution in [2.75, 3.05) is 0 Å². The lowest BCUT2D eigenvalue weighted by Gasteiger charge is -1.77. The van der Waals surface area contributed by atoms with E-state index in [0.29, 0.717) is 5.82 Å². The summed E-state index contributed by atoms with van der Waals surface area (Å²) in [5, 5.41) is 12.0. The maximum Gasteiger partial charge on any atom is 0.252 e. The molecule has 4 nitrogen and oxygen atoms in total. The van der Waals surface area contributed by atoms with Gasteiger partial charge in [0.05, 0.1) is 0 Å². The molecule has 0 aromatic carbocycles. The summed E-state index contributed by atoms with van der Waals surface area (Å²) in [6, 6.07) is 0. The molecule has 4 heteroatoms. The van der Waals surface area contributed by atoms with Gasteiger partial charge in [0.15, 0.2) is 5.82 Å². The van der Waals surface area contributed by atoms with Gasteiger partial charge < -0.3 is 9.63 Å². The maximum atomic E-state index is 8.45. The minimum Gasteiger partial charge on any atom is -0.387 e. The Morgan fingerprint density at radius 1 is 1.67 bits per heavy atom. The normalized spacial score (nSPS) is 10.0. The first-order valence-electron chi connectivity index (χ1n) is 2.79. The lowest BCUT2D eigenvalue weighted by molar-refractivity contribution is 0.222. The van der Waals surface area contributed by atoms with Crippen LogP contribution in [0.25, 0.3) is 0 Å². The zero-order chi connectivity index (χ0) is 6.69. The van der Waals surface area contributed by atoms with Crippen LogP contribution in [0.3, 0.4) is 0 Å². The van der Waals surface area contributed by atoms with Gasteiger partial charge in [-0.1, -0.05) is 12.1 Å². The molecule has 1 aromatic heterocycles. The van der Waals surface area contributed by atoms with Gasteiger partial charge in [0.1, 0.15) is 6.61 Å². The maximum absolute atomic E-state index is 8.45. The third kappa shape index (κ3) is 1.26. The first-order valence-corrected chi connectivity index (χ1v) is 2.79. The lowest BCUT2D eigenvalue weighted by Crippen LogP contribution is -1.84. The molecule has 0 amide bonds. The predicted molar refractivity (Wildman–Crippen MR) is 29.6 cm³/mol. The van der Waals surface area contributed by atoms with Crippen LogP contribution >= 0.6 is 0 Å². The number of hydrogen-bond donors (Lipinski definition) is 1. The van der Waals surface area contributed by atoms with Crippen molar-refractivity contribution < 1.29 is 9.63 Å². The summed E-state index contributed by atoms with van der Waals surface area (Å²) in [4.78, 5) is 3.82. The Morgan fingerprint density at radius 2 is 2.44 bits per heavy atom. The smallest absolute Gasteiger partial charge is 0.252 e. The fraction of sp³-hybridized carbons (Fsp3) is 0.600. The van der Waals surface area contributed by atoms with Crippen molar-refractivity contribution in [1.82, 2.24) is 10.1 Å². The van der Waals surface area contributed by atoms with Gasteiger partial charge in [-0.25, -0.2) is 0 Å². The fourth-order valence-electron chi connectivity index (χ4n) is 0.498. The standard InChI is InChI=1S/C5H8N2O2/c1-2-4-6-5(3-8)9-7-4/h8H,2-3H2,1H3. The molecular weight excluding hydrogens is 120 g/mol. The molecule has 0 atom stereocenters. The van der Waals surface area contributed by atoms with Crippen molar-refractivity contribution >= 4 is 0 Å². The van der Waals surface area contributed by atoms with Gasteiger partial charge >= 0.3 is 0 Å². The molecule has 1 aromatic rings. The molecular formula is C5H8N2O2. The van der Waals surface area contributed by atoms with Crippen LogP contribution in [0.15, 0.2) is 4.52 Å². The summed E-state index contributed by atoms with van der Waals surface area (Å²) in [6.07, 6.45) is 0.740. The van der Waals surface area contributed by atoms with Gasteiger partial charge in [-0.2, -0.15) is 4.98 Å². The van der Waals surface area contributed by atoms with Crippen LogP contribution in [0.1, 0.15) is 18.6 Å². The van der Waals surface area contributed by atoms with Crippen molar-refractivity contribution in [2.45, 2.75) is 20.0 Å². The number of nitrogens with zero attached hydrogens (tertiary/aromatic N) is 2. The molecule has 0 unspecified atom stereocenters. The molecule has 0 saturated carbocycles. The first kappa shape index (κ1) is 6.22. The molecule has 50 valence electrons. The second kappa shape index (κ2) is 2.59. The van der Waals surface area contributed by atoms with Gasteiger partial charge in [0.25, 0.3) is 5.89 Å². The molecule has 9 heavy (non-hydrogen) atoms. The average molecular weight is 128 g/mol. The average Bonchev–Trinajstić information content (AvgIpc) is 2.34. The van der Waals surface area contributed by atoms with E-state index in [1.54, 1.807) is 0 Å². The number of aliphatic hydroxyl groups excluding tert-OH is 1. The highest BCUT2D eigenvalue weighted by Crippen LogP contribution is 1.95. The van der Waals surface area contributed by atoms with E-state index in [9.17, 15) is 0 Å². The monoisotopic (exact) mass is 128 g/mol. The molecule has 0 aliphatic heterocycles. The van der Waals surface area contributed by atoms with Crippen LogP contribution in [0.2, 0.25) is 0 Å². The second-order valence-corrected chi connectivity index (χ2v) is 1.62. The highest BCUT2D eigenvalue weighted by Gasteiger charge is 2.00. The topological polar surface area (TPSA) is 59.2 Å². The van der Waals surface area contributed by atoms with E-state index in [-0.39, 0.29) is 12.5 Å². The zero-order valence-electron chi connectivity index (χ0n) is 5.16. The van der Waals surface area contributed by atoms with Crippen LogP contribution < -0.4 is 0 Å². The Kier molecular flexibility index (Phi) is 1.79. The van der Waals surface area contributed by atoms with E-state index in [1.165, 1.54) is 0 Å². The number of aryl methyl sites for hydroxylation is 1. The van der Waals surface area contributed by atoms with Gasteiger partial charge in [0.2, 0.25) is 0 Å². The minimum atomic E-state index is -0.174. The molecule has 0 spiro atoms. The molecule has 0 aliphatic rings. The Morgan fingerprint density at radius 3 is 2.78 bits per heavy atom. The highest BCUT2D eigenvalue weighted by atomic mass is 16.5. The van der Waals surface area contributed by atoms with E-state index in [2.05, 4.69) is 14.7 Å². The van der Waals surface area contributed by atoms with Gasteiger partial charge in [0, 0.05) is 6.42 Å². The number of aliphatic hydroxyl groups is 1. The summed E-state index contributed by atoms with van der Waals surface area (Å²) < 4.78 is 4.59. The quantitative estimate of drug-likeness (QED) is 0.614. The van der Waals surface area contributed by atoms with Crippen molar-refractivity contribution in [3.05, 3.63) is 11.7 Å². The van der Waals surface area contributed by atoms with Gasteiger partial charge in [-0.3, -0.25) is 0 Å². The van der Waals surface area contributed by atoms with Crippen LogP contribution in [0.4, 0.5) is 0 Å². The number of aromatic nitrogens is 2. The Hall–Kier alpha value is -0.900. The summed E-state index contributed by atoms with van der Waals surface area (Å²) >= 11 is 0. The van der Waals surface area contributed by atoms with Crippen molar-refractivity contribution in [3.8, 4) is 0 Å². The molecule has 1 heterocycles. The van der Waals surface area contributed by atoms with Crippen LogP contribution in [0, 0.1) is 0 Å². The predicted octanol–water partition coefficient (Wildman–Crippen LogP) is 0.124. The Balaban J connectivity index is 2.74. The summed E-state index contributed by atoms with van der Waals surface area (Å²) in [7, 11) is 0. The SMILES string of the molecule is CCc1noc(CO)n1. The molecule has 0 aliphatic carbocycles. The number of rotatable bonds is 2. The third-order valence-electron chi connectivity index (χ3n) is 0.962. The first-order chi connectivity index (χ1) is 4.36. The molecule has 0 bridgehead atoms. The molecule has 1 rings (SSSR count). The third-order valence-corrected chi connectivity index (χ3v) is 0.962. The van der Waals surface area contributed by atoms with Crippen molar-refractivity contribution in [2.24, 2.45) is 0 Å². The molecule has 0 radical (unpaired) electrons. The Labute approximate surface area is 52.5 Å². The van der Waals surface area contributed by atoms with Crippen molar-refractivity contribution in [3.63, 3.8) is 0 Å². The molecule has 0 saturated heterocycles.